The largest absolute Gasteiger partial charge is 0.466 e. The Labute approximate surface area is 128 Å². The molecule has 1 aliphatic heterocycles. The van der Waals surface area contributed by atoms with Crippen LogP contribution in [0.4, 0.5) is 61.5 Å². The average molecular weight is 451 g/mol. The van der Waals surface area contributed by atoms with Gasteiger partial charge >= 0.3 is 33.4 Å². The van der Waals surface area contributed by atoms with E-state index < -0.39 is 57.7 Å². The smallest absolute Gasteiger partial charge is 0.256 e. The van der Waals surface area contributed by atoms with Crippen molar-refractivity contribution in [2.75, 3.05) is 0 Å². The van der Waals surface area contributed by atoms with Crippen molar-refractivity contribution in [3.63, 3.8) is 0 Å². The van der Waals surface area contributed by atoms with E-state index in [1.54, 1.807) is 0 Å². The molecule has 1 aliphatic rings. The molecule has 0 radical (unpaired) electrons. The number of nitrogens with one attached hydrogen (secondary N) is 1. The summed E-state index contributed by atoms with van der Waals surface area (Å²) >= 11 is 0. The Kier molecular flexibility index (Phi) is 4.43. The van der Waals surface area contributed by atoms with E-state index in [-0.39, 0.29) is 0 Å². The van der Waals surface area contributed by atoms with E-state index in [9.17, 15) is 69.9 Å². The van der Waals surface area contributed by atoms with E-state index in [0.29, 0.717) is 0 Å². The van der Waals surface area contributed by atoms with E-state index in [1.165, 1.54) is 0 Å². The van der Waals surface area contributed by atoms with Gasteiger partial charge in [-0.2, -0.15) is 65.6 Å². The van der Waals surface area contributed by atoms with Crippen LogP contribution in [0.25, 0.3) is 0 Å². The number of alkyl halides is 14. The molecule has 0 saturated carbocycles. The highest BCUT2D eigenvalue weighted by molar-refractivity contribution is 8.17. The molecule has 0 atom stereocenters. The maximum atomic E-state index is 13.3. The van der Waals surface area contributed by atoms with Crippen molar-refractivity contribution in [3.05, 3.63) is 0 Å². The van der Waals surface area contributed by atoms with Crippen molar-refractivity contribution in [1.29, 1.82) is 0 Å². The molecule has 1 N–H and O–H groups in total. The summed E-state index contributed by atoms with van der Waals surface area (Å²) in [5.74, 6) is -15.9. The van der Waals surface area contributed by atoms with Crippen molar-refractivity contribution in [2.24, 2.45) is 0 Å². The highest BCUT2D eigenvalue weighted by atomic mass is 32.3. The summed E-state index contributed by atoms with van der Waals surface area (Å²) in [5, 5.41) is -15.4. The van der Waals surface area contributed by atoms with Crippen LogP contribution in [-0.2, 0) is 20.2 Å². The van der Waals surface area contributed by atoms with Gasteiger partial charge < -0.3 is 0 Å². The first-order valence-electron chi connectivity index (χ1n) is 5.10. The molecule has 0 spiro atoms. The van der Waals surface area contributed by atoms with Crippen LogP contribution in [0.1, 0.15) is 0 Å². The van der Waals surface area contributed by atoms with Crippen molar-refractivity contribution >= 4 is 20.2 Å². The minimum atomic E-state index is -8.82. The third-order valence-corrected chi connectivity index (χ3v) is 8.76. The molecule has 0 bridgehead atoms. The molecule has 3 nitrogen and oxygen atoms in total. The molecular weight excluding hydrogens is 448 g/mol. The zero-order valence-electron chi connectivity index (χ0n) is 10.5. The van der Waals surface area contributed by atoms with E-state index in [0.717, 1.165) is 0 Å². The lowest BCUT2D eigenvalue weighted by Gasteiger charge is -2.37. The lowest BCUT2D eigenvalue weighted by atomic mass is 10.2. The summed E-state index contributed by atoms with van der Waals surface area (Å²) in [6.07, 6.45) is 0. The number of hydrogen-bond donors (Lipinski definition) is 3. The van der Waals surface area contributed by atoms with E-state index in [1.807, 2.05) is 0 Å². The standard InChI is InChI=1S/C6H3F14NO2S2/c7-1(8)2(9,10)4(13,14)25(23,6(18,19)20)21-24(22,3(1,11)12)5(15,16)17/h24-25H,(H,21,22,23). The van der Waals surface area contributed by atoms with E-state index in [4.69, 9.17) is 0 Å². The normalized spacial score (nSPS) is 32.2. The maximum Gasteiger partial charge on any atom is 0.466 e. The first kappa shape index (κ1) is 22.3. The lowest BCUT2D eigenvalue weighted by molar-refractivity contribution is -0.326. The van der Waals surface area contributed by atoms with Gasteiger partial charge in [0.15, 0.2) is 0 Å². The van der Waals surface area contributed by atoms with E-state index >= 15 is 0 Å². The van der Waals surface area contributed by atoms with Crippen molar-refractivity contribution in [3.8, 4) is 0 Å². The molecule has 1 fully saturated rings. The van der Waals surface area contributed by atoms with Crippen molar-refractivity contribution in [1.82, 2.24) is 4.13 Å². The second-order valence-electron chi connectivity index (χ2n) is 4.49. The van der Waals surface area contributed by atoms with Crippen LogP contribution in [0.15, 0.2) is 0 Å². The molecule has 154 valence electrons. The minimum Gasteiger partial charge on any atom is -0.256 e. The zero-order chi connectivity index (χ0) is 20.7. The van der Waals surface area contributed by atoms with Gasteiger partial charge in [-0.25, -0.2) is 0 Å². The highest BCUT2D eigenvalue weighted by Crippen LogP contribution is 2.64. The molecule has 0 aliphatic carbocycles. The summed E-state index contributed by atoms with van der Waals surface area (Å²) in [6, 6.07) is 0. The Morgan fingerprint density at radius 3 is 0.920 bits per heavy atom. The summed E-state index contributed by atoms with van der Waals surface area (Å²) in [4.78, 5) is 0. The number of hydrogen-bond acceptors (Lipinski definition) is 2. The predicted octanol–water partition coefficient (Wildman–Crippen LogP) is 2.95. The summed E-state index contributed by atoms with van der Waals surface area (Å²) in [5.41, 5.74) is -14.8. The molecule has 0 aromatic carbocycles. The molecule has 0 unspecified atom stereocenters. The molecule has 1 rings (SSSR count). The number of rotatable bonds is 0. The van der Waals surface area contributed by atoms with Crippen LogP contribution in [0.2, 0.25) is 0 Å². The minimum absolute atomic E-state index is 1.26. The molecular formula is C6H3F14NO2S2. The first-order chi connectivity index (χ1) is 10.5. The number of halogens is 14. The van der Waals surface area contributed by atoms with Crippen LogP contribution in [-0.4, -0.2) is 41.8 Å². The topological polar surface area (TPSA) is 46.2 Å². The van der Waals surface area contributed by atoms with Crippen LogP contribution in [0.5, 0.6) is 0 Å². The highest BCUT2D eigenvalue weighted by Gasteiger charge is 2.93. The van der Waals surface area contributed by atoms with Crippen molar-refractivity contribution in [2.45, 2.75) is 33.4 Å². The van der Waals surface area contributed by atoms with Gasteiger partial charge in [0.05, 0.1) is 0 Å². The fourth-order valence-corrected chi connectivity index (χ4v) is 6.74. The predicted molar refractivity (Wildman–Crippen MR) is 54.1 cm³/mol. The molecule has 1 heterocycles. The molecule has 25 heavy (non-hydrogen) atoms. The van der Waals surface area contributed by atoms with Gasteiger partial charge in [-0.15, -0.1) is 0 Å². The van der Waals surface area contributed by atoms with E-state index in [2.05, 4.69) is 0 Å². The average Bonchev–Trinajstić information content (AvgIpc) is 2.34. The third-order valence-electron chi connectivity index (χ3n) is 2.94. The molecule has 19 heteroatoms. The third kappa shape index (κ3) is 2.26. The number of thiol groups is 2. The molecule has 0 amide bonds. The Balaban J connectivity index is 4.15. The van der Waals surface area contributed by atoms with Crippen LogP contribution in [0.3, 0.4) is 0 Å². The summed E-state index contributed by atoms with van der Waals surface area (Å²) in [7, 11) is -17.6. The monoisotopic (exact) mass is 451 g/mol. The maximum absolute atomic E-state index is 13.3. The second kappa shape index (κ2) is 4.96. The van der Waals surface area contributed by atoms with Gasteiger partial charge in [0.25, 0.3) is 0 Å². The summed E-state index contributed by atoms with van der Waals surface area (Å²) < 4.78 is 201. The van der Waals surface area contributed by atoms with Gasteiger partial charge in [0.2, 0.25) is 0 Å². The van der Waals surface area contributed by atoms with Crippen LogP contribution < -0.4 is 4.13 Å². The SMILES string of the molecule is O=[SH]1(C(F)(F)F)N[SH](=O)(C(F)(F)F)C(F)(F)C(F)(F)C(F)(F)C1(F)F. The molecule has 0 aromatic rings. The van der Waals surface area contributed by atoms with Gasteiger partial charge in [-0.1, -0.05) is 0 Å². The van der Waals surface area contributed by atoms with Crippen molar-refractivity contribution < 1.29 is 69.9 Å². The fraction of sp³-hybridized carbons (Fsp3) is 1.00. The Bertz CT molecular complexity index is 605. The van der Waals surface area contributed by atoms with Crippen LogP contribution in [0, 0.1) is 0 Å². The first-order valence-corrected chi connectivity index (χ1v) is 8.52. The Morgan fingerprint density at radius 1 is 0.560 bits per heavy atom. The van der Waals surface area contributed by atoms with Gasteiger partial charge in [-0.05, 0) is 0 Å². The van der Waals surface area contributed by atoms with Crippen LogP contribution >= 0.6 is 0 Å². The zero-order valence-corrected chi connectivity index (χ0v) is 12.3. The fourth-order valence-electron chi connectivity index (χ4n) is 1.53. The quantitative estimate of drug-likeness (QED) is 0.392. The Morgan fingerprint density at radius 2 is 0.760 bits per heavy atom. The van der Waals surface area contributed by atoms with Gasteiger partial charge in [-0.3, -0.25) is 8.42 Å². The van der Waals surface area contributed by atoms with Gasteiger partial charge in [0, 0.05) is 0 Å². The lowest BCUT2D eigenvalue weighted by Crippen LogP contribution is -2.66. The second-order valence-corrected chi connectivity index (χ2v) is 9.86. The molecule has 1 saturated heterocycles. The Hall–Kier alpha value is -0.720. The van der Waals surface area contributed by atoms with Gasteiger partial charge in [0.1, 0.15) is 20.2 Å². The summed E-state index contributed by atoms with van der Waals surface area (Å²) in [6.45, 7) is 0. The molecule has 0 aromatic heterocycles.